The largest absolute Gasteiger partial charge is 0.482 e. The Morgan fingerprint density at radius 2 is 2.12 bits per heavy atom. The molecule has 1 aromatic carbocycles. The zero-order valence-electron chi connectivity index (χ0n) is 15.8. The number of ether oxygens (including phenoxy) is 1. The fraction of sp³-hybridized carbons (Fsp3) is 0.611. The van der Waals surface area contributed by atoms with Crippen LogP contribution in [0.25, 0.3) is 0 Å². The first-order valence-corrected chi connectivity index (χ1v) is 11.6. The zero-order valence-corrected chi connectivity index (χ0v) is 16.8. The van der Waals surface area contributed by atoms with Crippen molar-refractivity contribution >= 4 is 25.6 Å². The van der Waals surface area contributed by atoms with Gasteiger partial charge in [0.2, 0.25) is 0 Å². The molecule has 0 radical (unpaired) electrons. The minimum absolute atomic E-state index is 0.0483. The summed E-state index contributed by atoms with van der Waals surface area (Å²) in [5, 5.41) is 16.3. The normalized spacial score (nSPS) is 15.8. The van der Waals surface area contributed by atoms with E-state index in [1.165, 1.54) is 0 Å². The Morgan fingerprint density at radius 1 is 1.40 bits per heavy atom. The number of fused-ring (bicyclic) bond motifs is 1. The second-order valence-corrected chi connectivity index (χ2v) is 12.8. The van der Waals surface area contributed by atoms with Gasteiger partial charge in [0, 0.05) is 18.8 Å². The van der Waals surface area contributed by atoms with E-state index in [0.29, 0.717) is 31.0 Å². The lowest BCUT2D eigenvalue weighted by Crippen LogP contribution is -2.41. The summed E-state index contributed by atoms with van der Waals surface area (Å²) in [6.45, 7) is 12.1. The summed E-state index contributed by atoms with van der Waals surface area (Å²) < 4.78 is 11.4. The van der Waals surface area contributed by atoms with Gasteiger partial charge in [-0.1, -0.05) is 20.8 Å². The van der Waals surface area contributed by atoms with Crippen LogP contribution in [-0.4, -0.2) is 45.2 Å². The van der Waals surface area contributed by atoms with Crippen LogP contribution < -0.4 is 15.4 Å². The van der Waals surface area contributed by atoms with E-state index in [1.807, 2.05) is 18.2 Å². The number of benzene rings is 1. The Hall–Kier alpha value is -1.57. The van der Waals surface area contributed by atoms with Crippen LogP contribution in [0.3, 0.4) is 0 Å². The van der Waals surface area contributed by atoms with Gasteiger partial charge < -0.3 is 24.9 Å². The van der Waals surface area contributed by atoms with Gasteiger partial charge in [-0.3, -0.25) is 4.79 Å². The third kappa shape index (κ3) is 5.45. The molecule has 0 saturated heterocycles. The third-order valence-corrected chi connectivity index (χ3v) is 9.41. The van der Waals surface area contributed by atoms with Crippen molar-refractivity contribution in [2.45, 2.75) is 51.4 Å². The molecule has 1 heterocycles. The number of carbonyl (C=O) groups excluding carboxylic acids is 1. The molecule has 0 unspecified atom stereocenters. The van der Waals surface area contributed by atoms with Crippen LogP contribution in [-0.2, 0) is 9.22 Å². The predicted molar refractivity (Wildman–Crippen MR) is 103 cm³/mol. The molecule has 0 fully saturated rings. The maximum atomic E-state index is 11.4. The minimum atomic E-state index is -1.77. The van der Waals surface area contributed by atoms with Gasteiger partial charge in [0.1, 0.15) is 5.75 Å². The number of hydrogen-bond donors (Lipinski definition) is 3. The first-order chi connectivity index (χ1) is 11.6. The van der Waals surface area contributed by atoms with E-state index in [1.54, 1.807) is 0 Å². The zero-order chi connectivity index (χ0) is 18.7. The monoisotopic (exact) mass is 366 g/mol. The maximum absolute atomic E-state index is 11.4. The van der Waals surface area contributed by atoms with Gasteiger partial charge >= 0.3 is 0 Å². The molecule has 1 aromatic rings. The molecule has 25 heavy (non-hydrogen) atoms. The van der Waals surface area contributed by atoms with Crippen LogP contribution in [0, 0.1) is 0 Å². The summed E-state index contributed by atoms with van der Waals surface area (Å²) in [4.78, 5) is 11.4. The van der Waals surface area contributed by atoms with Gasteiger partial charge in [-0.2, -0.15) is 0 Å². The molecule has 1 aliphatic rings. The van der Waals surface area contributed by atoms with E-state index >= 15 is 0 Å². The number of rotatable bonds is 7. The molecule has 1 atom stereocenters. The Kier molecular flexibility index (Phi) is 6.13. The molecular formula is C18H30N2O4Si. The summed E-state index contributed by atoms with van der Waals surface area (Å²) in [5.41, 5.74) is 1.48. The molecule has 1 aliphatic heterocycles. The second-order valence-electron chi connectivity index (χ2n) is 7.98. The number of hydrogen-bond acceptors (Lipinski definition) is 5. The number of aliphatic hydroxyl groups is 1. The van der Waals surface area contributed by atoms with Crippen LogP contribution >= 0.6 is 0 Å². The molecule has 1 amide bonds. The van der Waals surface area contributed by atoms with Crippen molar-refractivity contribution in [2.24, 2.45) is 0 Å². The summed E-state index contributed by atoms with van der Waals surface area (Å²) in [6.07, 6.45) is 0.0937. The maximum Gasteiger partial charge on any atom is 0.262 e. The average Bonchev–Trinajstić information content (AvgIpc) is 2.51. The van der Waals surface area contributed by atoms with E-state index in [2.05, 4.69) is 44.5 Å². The quantitative estimate of drug-likeness (QED) is 0.646. The van der Waals surface area contributed by atoms with Crippen LogP contribution in [0.4, 0.5) is 11.4 Å². The van der Waals surface area contributed by atoms with Crippen LogP contribution in [0.1, 0.15) is 27.2 Å². The van der Waals surface area contributed by atoms with Crippen LogP contribution in [0.15, 0.2) is 18.2 Å². The van der Waals surface area contributed by atoms with Gasteiger partial charge in [0.15, 0.2) is 14.9 Å². The Bertz CT molecular complexity index is 614. The van der Waals surface area contributed by atoms with Crippen molar-refractivity contribution in [3.63, 3.8) is 0 Å². The number of aliphatic hydroxyl groups excluding tert-OH is 1. The Morgan fingerprint density at radius 3 is 2.80 bits per heavy atom. The van der Waals surface area contributed by atoms with Crippen molar-refractivity contribution in [3.8, 4) is 5.75 Å². The molecule has 0 aromatic heterocycles. The van der Waals surface area contributed by atoms with E-state index in [9.17, 15) is 9.90 Å². The number of carbonyl (C=O) groups is 1. The van der Waals surface area contributed by atoms with Crippen LogP contribution in [0.5, 0.6) is 5.75 Å². The van der Waals surface area contributed by atoms with Crippen molar-refractivity contribution in [3.05, 3.63) is 18.2 Å². The van der Waals surface area contributed by atoms with Gasteiger partial charge in [-0.05, 0) is 42.8 Å². The lowest BCUT2D eigenvalue weighted by atomic mass is 10.2. The van der Waals surface area contributed by atoms with Crippen LogP contribution in [0.2, 0.25) is 18.1 Å². The van der Waals surface area contributed by atoms with Crippen molar-refractivity contribution in [2.75, 3.05) is 30.4 Å². The second kappa shape index (κ2) is 7.76. The minimum Gasteiger partial charge on any atom is -0.482 e. The fourth-order valence-electron chi connectivity index (χ4n) is 2.20. The molecule has 140 valence electrons. The molecule has 0 bridgehead atoms. The molecular weight excluding hydrogens is 336 g/mol. The predicted octanol–water partition coefficient (Wildman–Crippen LogP) is 3.20. The molecule has 2 rings (SSSR count). The summed E-state index contributed by atoms with van der Waals surface area (Å²) in [5.74, 6) is 0.501. The number of nitrogens with one attached hydrogen (secondary N) is 2. The highest BCUT2D eigenvalue weighted by molar-refractivity contribution is 6.74. The molecule has 7 heteroatoms. The van der Waals surface area contributed by atoms with Gasteiger partial charge in [-0.25, -0.2) is 0 Å². The van der Waals surface area contributed by atoms with Crippen molar-refractivity contribution in [1.29, 1.82) is 0 Å². The van der Waals surface area contributed by atoms with Gasteiger partial charge in [-0.15, -0.1) is 0 Å². The lowest BCUT2D eigenvalue weighted by molar-refractivity contribution is -0.118. The SMILES string of the molecule is CC(C)(C)[Si](C)(C)OCC[C@@H](O)CNc1ccc2c(c1)NC(=O)CO2. The van der Waals surface area contributed by atoms with Gasteiger partial charge in [0.05, 0.1) is 11.8 Å². The fourth-order valence-corrected chi connectivity index (χ4v) is 3.26. The molecule has 0 aliphatic carbocycles. The number of amides is 1. The highest BCUT2D eigenvalue weighted by Crippen LogP contribution is 2.36. The van der Waals surface area contributed by atoms with E-state index in [-0.39, 0.29) is 17.6 Å². The highest BCUT2D eigenvalue weighted by Gasteiger charge is 2.36. The summed E-state index contributed by atoms with van der Waals surface area (Å²) in [6, 6.07) is 5.49. The molecule has 0 saturated carbocycles. The Balaban J connectivity index is 1.78. The standard InChI is InChI=1S/C18H30N2O4Si/c1-18(2,3)25(4,5)24-9-8-14(21)11-19-13-6-7-16-15(10-13)20-17(22)12-23-16/h6-7,10,14,19,21H,8-9,11-12H2,1-5H3,(H,20,22)/t14-/m1/s1. The lowest BCUT2D eigenvalue weighted by Gasteiger charge is -2.36. The topological polar surface area (TPSA) is 79.8 Å². The highest BCUT2D eigenvalue weighted by atomic mass is 28.4. The third-order valence-electron chi connectivity index (χ3n) is 4.87. The average molecular weight is 367 g/mol. The summed E-state index contributed by atoms with van der Waals surface area (Å²) >= 11 is 0. The van der Waals surface area contributed by atoms with E-state index < -0.39 is 14.4 Å². The molecule has 0 spiro atoms. The van der Waals surface area contributed by atoms with Crippen molar-refractivity contribution < 1.29 is 19.1 Å². The first-order valence-electron chi connectivity index (χ1n) is 8.71. The van der Waals surface area contributed by atoms with Gasteiger partial charge in [0.25, 0.3) is 5.91 Å². The van der Waals surface area contributed by atoms with E-state index in [0.717, 1.165) is 5.69 Å². The smallest absolute Gasteiger partial charge is 0.262 e. The van der Waals surface area contributed by atoms with E-state index in [4.69, 9.17) is 9.16 Å². The molecule has 6 nitrogen and oxygen atoms in total. The Labute approximate surface area is 151 Å². The molecule has 3 N–H and O–H groups in total. The first kappa shape index (κ1) is 19.7. The summed E-state index contributed by atoms with van der Waals surface area (Å²) in [7, 11) is -1.77. The number of anilines is 2. The van der Waals surface area contributed by atoms with Crippen molar-refractivity contribution in [1.82, 2.24) is 0 Å².